The first kappa shape index (κ1) is 15.3. The maximum atomic E-state index is 12.4. The van der Waals surface area contributed by atoms with Crippen molar-refractivity contribution in [3.05, 3.63) is 0 Å². The van der Waals surface area contributed by atoms with Gasteiger partial charge in [0.1, 0.15) is 0 Å². The van der Waals surface area contributed by atoms with Crippen molar-refractivity contribution in [1.29, 1.82) is 0 Å². The third-order valence-electron chi connectivity index (χ3n) is 4.66. The van der Waals surface area contributed by atoms with Gasteiger partial charge in [0.2, 0.25) is 11.8 Å². The second-order valence-corrected chi connectivity index (χ2v) is 6.27. The molecule has 2 aliphatic rings. The number of piperidine rings is 1. The Bertz CT molecular complexity index is 353. The zero-order chi connectivity index (χ0) is 14.5. The van der Waals surface area contributed by atoms with Gasteiger partial charge in [-0.1, -0.05) is 6.92 Å². The van der Waals surface area contributed by atoms with E-state index in [1.54, 1.807) is 9.80 Å². The highest BCUT2D eigenvalue weighted by molar-refractivity contribution is 5.85. The Balaban J connectivity index is 1.85. The fourth-order valence-corrected chi connectivity index (χ4v) is 3.14. The molecule has 0 aromatic heterocycles. The van der Waals surface area contributed by atoms with E-state index in [-0.39, 0.29) is 18.4 Å². The summed E-state index contributed by atoms with van der Waals surface area (Å²) in [6.45, 7) is 6.02. The highest BCUT2D eigenvalue weighted by Crippen LogP contribution is 2.23. The van der Waals surface area contributed by atoms with Gasteiger partial charge in [-0.3, -0.25) is 9.59 Å². The first-order valence-electron chi connectivity index (χ1n) is 7.80. The van der Waals surface area contributed by atoms with Gasteiger partial charge in [0, 0.05) is 26.6 Å². The summed E-state index contributed by atoms with van der Waals surface area (Å²) in [5.74, 6) is 1.19. The smallest absolute Gasteiger partial charge is 0.241 e. The lowest BCUT2D eigenvalue weighted by molar-refractivity contribution is -0.138. The monoisotopic (exact) mass is 281 g/mol. The van der Waals surface area contributed by atoms with E-state index in [2.05, 4.69) is 12.2 Å². The van der Waals surface area contributed by atoms with Crippen molar-refractivity contribution in [2.75, 3.05) is 39.8 Å². The topological polar surface area (TPSA) is 52.7 Å². The summed E-state index contributed by atoms with van der Waals surface area (Å²) in [4.78, 5) is 27.7. The molecule has 0 aromatic carbocycles. The van der Waals surface area contributed by atoms with Gasteiger partial charge in [-0.25, -0.2) is 0 Å². The molecular formula is C15H27N3O2. The van der Waals surface area contributed by atoms with Crippen LogP contribution in [0.15, 0.2) is 0 Å². The van der Waals surface area contributed by atoms with E-state index < -0.39 is 0 Å². The highest BCUT2D eigenvalue weighted by atomic mass is 16.2. The lowest BCUT2D eigenvalue weighted by Gasteiger charge is -2.29. The zero-order valence-electron chi connectivity index (χ0n) is 12.7. The largest absolute Gasteiger partial charge is 0.344 e. The van der Waals surface area contributed by atoms with Gasteiger partial charge in [-0.15, -0.1) is 0 Å². The number of hydrogen-bond donors (Lipinski definition) is 1. The maximum Gasteiger partial charge on any atom is 0.241 e. The van der Waals surface area contributed by atoms with Crippen molar-refractivity contribution in [2.24, 2.45) is 11.8 Å². The Labute approximate surface area is 121 Å². The van der Waals surface area contributed by atoms with E-state index in [4.69, 9.17) is 0 Å². The molecule has 2 rings (SSSR count). The maximum absolute atomic E-state index is 12.4. The minimum absolute atomic E-state index is 0.0582. The lowest BCUT2D eigenvalue weighted by Crippen LogP contribution is -2.40. The molecule has 0 bridgehead atoms. The summed E-state index contributed by atoms with van der Waals surface area (Å²) in [7, 11) is 1.81. The molecule has 2 unspecified atom stereocenters. The second kappa shape index (κ2) is 7.07. The molecule has 0 saturated carbocycles. The molecule has 20 heavy (non-hydrogen) atoms. The third-order valence-corrected chi connectivity index (χ3v) is 4.66. The fraction of sp³-hybridized carbons (Fsp3) is 0.867. The first-order valence-corrected chi connectivity index (χ1v) is 7.80. The van der Waals surface area contributed by atoms with Crippen LogP contribution in [0.1, 0.15) is 32.6 Å². The Hall–Kier alpha value is -1.10. The van der Waals surface area contributed by atoms with E-state index in [9.17, 15) is 9.59 Å². The number of likely N-dealkylation sites (N-methyl/N-ethyl adjacent to an activating group) is 1. The van der Waals surface area contributed by atoms with Crippen molar-refractivity contribution in [1.82, 2.24) is 15.1 Å². The summed E-state index contributed by atoms with van der Waals surface area (Å²) in [6.07, 6.45) is 3.87. The summed E-state index contributed by atoms with van der Waals surface area (Å²) >= 11 is 0. The summed E-state index contributed by atoms with van der Waals surface area (Å²) in [6, 6.07) is 0. The van der Waals surface area contributed by atoms with E-state index in [1.807, 2.05) is 7.05 Å². The molecule has 2 aliphatic heterocycles. The van der Waals surface area contributed by atoms with Crippen LogP contribution in [0.2, 0.25) is 0 Å². The molecule has 5 nitrogen and oxygen atoms in total. The number of nitrogens with zero attached hydrogens (tertiary/aromatic N) is 2. The van der Waals surface area contributed by atoms with Crippen LogP contribution in [0.25, 0.3) is 0 Å². The number of nitrogens with one attached hydrogen (secondary N) is 1. The lowest BCUT2D eigenvalue weighted by atomic mass is 9.85. The third kappa shape index (κ3) is 3.95. The molecule has 0 spiro atoms. The molecule has 2 heterocycles. The van der Waals surface area contributed by atoms with Crippen molar-refractivity contribution >= 4 is 11.8 Å². The van der Waals surface area contributed by atoms with Gasteiger partial charge in [0.15, 0.2) is 0 Å². The van der Waals surface area contributed by atoms with Crippen LogP contribution in [0.4, 0.5) is 0 Å². The van der Waals surface area contributed by atoms with E-state index in [1.165, 1.54) is 12.8 Å². The Morgan fingerprint density at radius 1 is 1.40 bits per heavy atom. The van der Waals surface area contributed by atoms with Gasteiger partial charge in [0.05, 0.1) is 6.54 Å². The van der Waals surface area contributed by atoms with Crippen LogP contribution in [0.5, 0.6) is 0 Å². The molecular weight excluding hydrogens is 254 g/mol. The van der Waals surface area contributed by atoms with Gasteiger partial charge in [-0.2, -0.15) is 0 Å². The first-order chi connectivity index (χ1) is 9.58. The Morgan fingerprint density at radius 2 is 2.20 bits per heavy atom. The predicted octanol–water partition coefficient (Wildman–Crippen LogP) is 0.703. The van der Waals surface area contributed by atoms with Crippen LogP contribution in [0.3, 0.4) is 0 Å². The Morgan fingerprint density at radius 3 is 2.90 bits per heavy atom. The molecule has 2 saturated heterocycles. The number of hydrogen-bond acceptors (Lipinski definition) is 3. The average Bonchev–Trinajstić information content (AvgIpc) is 2.62. The zero-order valence-corrected chi connectivity index (χ0v) is 12.7. The van der Waals surface area contributed by atoms with Crippen LogP contribution in [-0.2, 0) is 9.59 Å². The highest BCUT2D eigenvalue weighted by Gasteiger charge is 2.27. The number of rotatable bonds is 3. The summed E-state index contributed by atoms with van der Waals surface area (Å²) < 4.78 is 0. The molecule has 1 N–H and O–H groups in total. The van der Waals surface area contributed by atoms with E-state index in [0.29, 0.717) is 24.8 Å². The van der Waals surface area contributed by atoms with E-state index >= 15 is 0 Å². The normalized spacial score (nSPS) is 26.3. The average molecular weight is 281 g/mol. The van der Waals surface area contributed by atoms with Gasteiger partial charge in [0.25, 0.3) is 0 Å². The fourth-order valence-electron chi connectivity index (χ4n) is 3.14. The summed E-state index contributed by atoms with van der Waals surface area (Å²) in [5.41, 5.74) is 0. The van der Waals surface area contributed by atoms with Crippen molar-refractivity contribution in [3.8, 4) is 0 Å². The molecule has 0 aromatic rings. The number of carbonyl (C=O) groups excluding carboxylic acids is 2. The summed E-state index contributed by atoms with van der Waals surface area (Å²) in [5, 5.41) is 3.41. The predicted molar refractivity (Wildman–Crippen MR) is 78.2 cm³/mol. The Kier molecular flexibility index (Phi) is 5.40. The standard InChI is InChI=1S/C15H27N3O2/c1-12(13-5-3-6-16-10-13)9-14(19)18-8-4-7-17(2)15(20)11-18/h12-13,16H,3-11H2,1-2H3. The van der Waals surface area contributed by atoms with Gasteiger partial charge in [-0.05, 0) is 44.2 Å². The van der Waals surface area contributed by atoms with Crippen LogP contribution >= 0.6 is 0 Å². The van der Waals surface area contributed by atoms with Crippen molar-refractivity contribution in [2.45, 2.75) is 32.6 Å². The molecule has 2 atom stereocenters. The van der Waals surface area contributed by atoms with Crippen molar-refractivity contribution < 1.29 is 9.59 Å². The van der Waals surface area contributed by atoms with Crippen LogP contribution in [0, 0.1) is 11.8 Å². The molecule has 5 heteroatoms. The minimum atomic E-state index is 0.0582. The van der Waals surface area contributed by atoms with Crippen LogP contribution < -0.4 is 5.32 Å². The second-order valence-electron chi connectivity index (χ2n) is 6.27. The molecule has 2 amide bonds. The van der Waals surface area contributed by atoms with Gasteiger partial charge >= 0.3 is 0 Å². The van der Waals surface area contributed by atoms with Crippen molar-refractivity contribution in [3.63, 3.8) is 0 Å². The van der Waals surface area contributed by atoms with Gasteiger partial charge < -0.3 is 15.1 Å². The minimum Gasteiger partial charge on any atom is -0.344 e. The molecule has 114 valence electrons. The quantitative estimate of drug-likeness (QED) is 0.828. The van der Waals surface area contributed by atoms with E-state index in [0.717, 1.165) is 26.1 Å². The number of amides is 2. The molecule has 0 radical (unpaired) electrons. The van der Waals surface area contributed by atoms with Crippen LogP contribution in [-0.4, -0.2) is 61.4 Å². The molecule has 2 fully saturated rings. The molecule has 0 aliphatic carbocycles. The SMILES string of the molecule is CC(CC(=O)N1CCCN(C)C(=O)C1)C1CCCNC1. The number of carbonyl (C=O) groups is 2.